The van der Waals surface area contributed by atoms with Crippen LogP contribution in [0, 0.1) is 11.8 Å². The van der Waals surface area contributed by atoms with Crippen molar-refractivity contribution < 1.29 is 10.2 Å². The quantitative estimate of drug-likeness (QED) is 0.659. The van der Waals surface area contributed by atoms with Crippen LogP contribution in [0.2, 0.25) is 0 Å². The Morgan fingerprint density at radius 1 is 0.591 bits per heavy atom. The molecule has 106 valence electrons. The molecule has 0 fully saturated rings. The van der Waals surface area contributed by atoms with Gasteiger partial charge in [-0.25, -0.2) is 0 Å². The van der Waals surface area contributed by atoms with Crippen molar-refractivity contribution in [3.8, 4) is 34.5 Å². The maximum Gasteiger partial charge on any atom is 0.124 e. The van der Waals surface area contributed by atoms with E-state index in [1.165, 1.54) is 0 Å². The molecular formula is C20H14O2. The van der Waals surface area contributed by atoms with Crippen LogP contribution in [0.15, 0.2) is 72.8 Å². The topological polar surface area (TPSA) is 40.5 Å². The van der Waals surface area contributed by atoms with Crippen molar-refractivity contribution in [2.45, 2.75) is 0 Å². The molecule has 0 aliphatic rings. The van der Waals surface area contributed by atoms with Crippen molar-refractivity contribution in [2.24, 2.45) is 0 Å². The van der Waals surface area contributed by atoms with Gasteiger partial charge < -0.3 is 10.2 Å². The molecular weight excluding hydrogens is 272 g/mol. The lowest BCUT2D eigenvalue weighted by Gasteiger charge is -2.09. The molecule has 0 aliphatic heterocycles. The zero-order chi connectivity index (χ0) is 15.4. The molecule has 0 heterocycles. The van der Waals surface area contributed by atoms with Gasteiger partial charge in [0, 0.05) is 22.3 Å². The summed E-state index contributed by atoms with van der Waals surface area (Å²) in [5, 5.41) is 20.2. The summed E-state index contributed by atoms with van der Waals surface area (Å²) in [4.78, 5) is 0. The van der Waals surface area contributed by atoms with Crippen LogP contribution in [0.1, 0.15) is 11.1 Å². The first kappa shape index (κ1) is 13.8. The highest BCUT2D eigenvalue weighted by Crippen LogP contribution is 2.37. The van der Waals surface area contributed by atoms with Gasteiger partial charge in [-0.05, 0) is 30.3 Å². The van der Waals surface area contributed by atoms with Crippen LogP contribution >= 0.6 is 0 Å². The van der Waals surface area contributed by atoms with Crippen LogP contribution in [0.5, 0.6) is 11.5 Å². The number of rotatable bonds is 1. The zero-order valence-corrected chi connectivity index (χ0v) is 11.8. The standard InChI is InChI=1S/C20H14O2/c21-18-11-5-4-10-17(18)20-16(9-6-12-19(20)22)14-13-15-7-2-1-3-8-15/h1-12,21-22H. The van der Waals surface area contributed by atoms with Gasteiger partial charge in [-0.2, -0.15) is 0 Å². The summed E-state index contributed by atoms with van der Waals surface area (Å²) < 4.78 is 0. The van der Waals surface area contributed by atoms with Crippen LogP contribution in [-0.2, 0) is 0 Å². The number of para-hydroxylation sites is 1. The predicted molar refractivity (Wildman–Crippen MR) is 87.6 cm³/mol. The van der Waals surface area contributed by atoms with E-state index in [9.17, 15) is 10.2 Å². The molecule has 0 aliphatic carbocycles. The normalized spacial score (nSPS) is 9.82. The van der Waals surface area contributed by atoms with Crippen LogP contribution in [0.3, 0.4) is 0 Å². The molecule has 0 saturated heterocycles. The van der Waals surface area contributed by atoms with Gasteiger partial charge in [0.25, 0.3) is 0 Å². The lowest BCUT2D eigenvalue weighted by Crippen LogP contribution is -1.86. The molecule has 0 amide bonds. The summed E-state index contributed by atoms with van der Waals surface area (Å²) in [7, 11) is 0. The summed E-state index contributed by atoms with van der Waals surface area (Å²) in [6.07, 6.45) is 0. The Labute approximate surface area is 129 Å². The third-order valence-electron chi connectivity index (χ3n) is 3.33. The Bertz CT molecular complexity index is 856. The lowest BCUT2D eigenvalue weighted by atomic mass is 9.97. The Morgan fingerprint density at radius 2 is 1.27 bits per heavy atom. The molecule has 0 saturated carbocycles. The molecule has 0 atom stereocenters. The summed E-state index contributed by atoms with van der Waals surface area (Å²) in [5.41, 5.74) is 2.68. The molecule has 0 spiro atoms. The molecule has 0 bridgehead atoms. The highest BCUT2D eigenvalue weighted by atomic mass is 16.3. The third kappa shape index (κ3) is 2.79. The van der Waals surface area contributed by atoms with Crippen molar-refractivity contribution in [1.29, 1.82) is 0 Å². The van der Waals surface area contributed by atoms with Crippen LogP contribution in [0.4, 0.5) is 0 Å². The monoisotopic (exact) mass is 286 g/mol. The largest absolute Gasteiger partial charge is 0.507 e. The molecule has 0 aromatic heterocycles. The Balaban J connectivity index is 2.13. The van der Waals surface area contributed by atoms with Crippen LogP contribution in [-0.4, -0.2) is 10.2 Å². The summed E-state index contributed by atoms with van der Waals surface area (Å²) >= 11 is 0. The first-order chi connectivity index (χ1) is 10.8. The van der Waals surface area contributed by atoms with Gasteiger partial charge in [0.05, 0.1) is 0 Å². The van der Waals surface area contributed by atoms with Gasteiger partial charge in [-0.3, -0.25) is 0 Å². The van der Waals surface area contributed by atoms with Crippen molar-refractivity contribution >= 4 is 0 Å². The molecule has 22 heavy (non-hydrogen) atoms. The van der Waals surface area contributed by atoms with Gasteiger partial charge in [-0.15, -0.1) is 0 Å². The van der Waals surface area contributed by atoms with Gasteiger partial charge >= 0.3 is 0 Å². The second kappa shape index (κ2) is 6.07. The van der Waals surface area contributed by atoms with Gasteiger partial charge in [0.1, 0.15) is 11.5 Å². The minimum Gasteiger partial charge on any atom is -0.507 e. The fourth-order valence-corrected chi connectivity index (χ4v) is 2.27. The first-order valence-electron chi connectivity index (χ1n) is 6.93. The molecule has 3 aromatic rings. The molecule has 2 nitrogen and oxygen atoms in total. The first-order valence-corrected chi connectivity index (χ1v) is 6.93. The predicted octanol–water partition coefficient (Wildman–Crippen LogP) is 4.16. The summed E-state index contributed by atoms with van der Waals surface area (Å²) in [6.45, 7) is 0. The average molecular weight is 286 g/mol. The van der Waals surface area contributed by atoms with Crippen molar-refractivity contribution in [1.82, 2.24) is 0 Å². The number of hydrogen-bond acceptors (Lipinski definition) is 2. The van der Waals surface area contributed by atoms with E-state index in [0.717, 1.165) is 5.56 Å². The second-order valence-corrected chi connectivity index (χ2v) is 4.83. The Morgan fingerprint density at radius 3 is 2.05 bits per heavy atom. The van der Waals surface area contributed by atoms with E-state index >= 15 is 0 Å². The van der Waals surface area contributed by atoms with E-state index in [0.29, 0.717) is 16.7 Å². The van der Waals surface area contributed by atoms with Crippen molar-refractivity contribution in [3.05, 3.63) is 83.9 Å². The summed E-state index contributed by atoms with van der Waals surface area (Å²) in [5.74, 6) is 6.37. The smallest absolute Gasteiger partial charge is 0.124 e. The fraction of sp³-hybridized carbons (Fsp3) is 0. The lowest BCUT2D eigenvalue weighted by molar-refractivity contribution is 0.469. The van der Waals surface area contributed by atoms with Crippen molar-refractivity contribution in [3.63, 3.8) is 0 Å². The molecule has 0 unspecified atom stereocenters. The Hall–Kier alpha value is -3.18. The maximum absolute atomic E-state index is 10.2. The highest BCUT2D eigenvalue weighted by Gasteiger charge is 2.12. The van der Waals surface area contributed by atoms with E-state index in [4.69, 9.17) is 0 Å². The highest BCUT2D eigenvalue weighted by molar-refractivity contribution is 5.80. The number of phenols is 2. The van der Waals surface area contributed by atoms with Gasteiger partial charge in [0.15, 0.2) is 0 Å². The van der Waals surface area contributed by atoms with Gasteiger partial charge in [-0.1, -0.05) is 54.3 Å². The molecule has 0 radical (unpaired) electrons. The van der Waals surface area contributed by atoms with E-state index in [-0.39, 0.29) is 11.5 Å². The second-order valence-electron chi connectivity index (χ2n) is 4.83. The molecule has 2 N–H and O–H groups in total. The maximum atomic E-state index is 10.2. The number of aromatic hydroxyl groups is 2. The third-order valence-corrected chi connectivity index (χ3v) is 3.33. The van der Waals surface area contributed by atoms with Gasteiger partial charge in [0.2, 0.25) is 0 Å². The van der Waals surface area contributed by atoms with Crippen LogP contribution < -0.4 is 0 Å². The number of benzene rings is 3. The molecule has 2 heteroatoms. The van der Waals surface area contributed by atoms with E-state index in [2.05, 4.69) is 11.8 Å². The fourth-order valence-electron chi connectivity index (χ4n) is 2.27. The average Bonchev–Trinajstić information content (AvgIpc) is 2.55. The zero-order valence-electron chi connectivity index (χ0n) is 11.8. The summed E-state index contributed by atoms with van der Waals surface area (Å²) in [6, 6.07) is 21.7. The minimum atomic E-state index is 0.0985. The minimum absolute atomic E-state index is 0.0985. The SMILES string of the molecule is Oc1ccccc1-c1c(O)cccc1C#Cc1ccccc1. The van der Waals surface area contributed by atoms with Crippen molar-refractivity contribution in [2.75, 3.05) is 0 Å². The number of phenolic OH excluding ortho intramolecular Hbond substituents is 2. The molecule has 3 rings (SSSR count). The van der Waals surface area contributed by atoms with E-state index in [1.54, 1.807) is 30.3 Å². The molecule has 3 aromatic carbocycles. The van der Waals surface area contributed by atoms with E-state index in [1.807, 2.05) is 42.5 Å². The van der Waals surface area contributed by atoms with E-state index < -0.39 is 0 Å². The van der Waals surface area contributed by atoms with Crippen LogP contribution in [0.25, 0.3) is 11.1 Å². The number of hydrogen-bond donors (Lipinski definition) is 2. The Kier molecular flexibility index (Phi) is 3.80.